The van der Waals surface area contributed by atoms with E-state index in [1.807, 2.05) is 6.07 Å². The number of aromatic amines is 1. The summed E-state index contributed by atoms with van der Waals surface area (Å²) < 4.78 is 0. The van der Waals surface area contributed by atoms with Gasteiger partial charge in [0.25, 0.3) is 0 Å². The first-order chi connectivity index (χ1) is 5.75. The summed E-state index contributed by atoms with van der Waals surface area (Å²) in [5.41, 5.74) is 1.43. The van der Waals surface area contributed by atoms with Gasteiger partial charge in [-0.1, -0.05) is 17.6 Å². The highest BCUT2D eigenvalue weighted by Crippen LogP contribution is 2.04. The van der Waals surface area contributed by atoms with Gasteiger partial charge in [0, 0.05) is 11.6 Å². The Kier molecular flexibility index (Phi) is 1.50. The van der Waals surface area contributed by atoms with Crippen LogP contribution in [0.3, 0.4) is 0 Å². The van der Waals surface area contributed by atoms with Gasteiger partial charge < -0.3 is 4.98 Å². The second-order valence-electron chi connectivity index (χ2n) is 2.67. The molecule has 2 rings (SSSR count). The SMILES string of the molecule is [B]c1ccc2[nH]c(=O)ccc2c1. The Morgan fingerprint density at radius 3 is 2.83 bits per heavy atom. The monoisotopic (exact) mass is 155 g/mol. The van der Waals surface area contributed by atoms with Crippen molar-refractivity contribution >= 4 is 24.2 Å². The van der Waals surface area contributed by atoms with Crippen molar-refractivity contribution < 1.29 is 0 Å². The largest absolute Gasteiger partial charge is 0.322 e. The summed E-state index contributed by atoms with van der Waals surface area (Å²) in [6.07, 6.45) is 0. The second-order valence-corrected chi connectivity index (χ2v) is 2.67. The minimum Gasteiger partial charge on any atom is -0.322 e. The van der Waals surface area contributed by atoms with Crippen LogP contribution in [0.4, 0.5) is 0 Å². The molecule has 0 fully saturated rings. The molecule has 1 aromatic carbocycles. The summed E-state index contributed by atoms with van der Waals surface area (Å²) in [5, 5.41) is 0.953. The third-order valence-electron chi connectivity index (χ3n) is 1.75. The van der Waals surface area contributed by atoms with Crippen LogP contribution in [0.1, 0.15) is 0 Å². The van der Waals surface area contributed by atoms with Gasteiger partial charge in [-0.25, -0.2) is 0 Å². The Hall–Kier alpha value is -1.51. The molecule has 0 saturated carbocycles. The molecule has 56 valence electrons. The summed E-state index contributed by atoms with van der Waals surface area (Å²) in [6.45, 7) is 0. The number of aromatic nitrogens is 1. The number of pyridine rings is 1. The van der Waals surface area contributed by atoms with Crippen molar-refractivity contribution in [1.82, 2.24) is 4.98 Å². The van der Waals surface area contributed by atoms with E-state index in [4.69, 9.17) is 7.85 Å². The molecule has 3 heteroatoms. The number of fused-ring (bicyclic) bond motifs is 1. The fourth-order valence-corrected chi connectivity index (χ4v) is 1.17. The van der Waals surface area contributed by atoms with E-state index in [0.29, 0.717) is 5.46 Å². The van der Waals surface area contributed by atoms with Crippen LogP contribution in [0.25, 0.3) is 10.9 Å². The van der Waals surface area contributed by atoms with Crippen LogP contribution >= 0.6 is 0 Å². The van der Waals surface area contributed by atoms with E-state index >= 15 is 0 Å². The molecule has 2 radical (unpaired) electrons. The summed E-state index contributed by atoms with van der Waals surface area (Å²) in [5.74, 6) is 0. The number of H-pyrrole nitrogens is 1. The molecular formula is C9H6BNO. The first-order valence-electron chi connectivity index (χ1n) is 3.64. The zero-order chi connectivity index (χ0) is 8.55. The Morgan fingerprint density at radius 2 is 2.00 bits per heavy atom. The summed E-state index contributed by atoms with van der Waals surface area (Å²) in [6, 6.07) is 8.63. The predicted molar refractivity (Wildman–Crippen MR) is 50.0 cm³/mol. The van der Waals surface area contributed by atoms with Crippen molar-refractivity contribution in [1.29, 1.82) is 0 Å². The third kappa shape index (κ3) is 1.14. The Labute approximate surface area is 70.6 Å². The number of hydrogen-bond donors (Lipinski definition) is 1. The Balaban J connectivity index is 2.87. The molecule has 0 aliphatic rings. The molecular weight excluding hydrogens is 149 g/mol. The summed E-state index contributed by atoms with van der Waals surface area (Å²) in [7, 11) is 5.57. The van der Waals surface area contributed by atoms with E-state index in [1.54, 1.807) is 18.2 Å². The highest BCUT2D eigenvalue weighted by atomic mass is 16.1. The van der Waals surface area contributed by atoms with E-state index < -0.39 is 0 Å². The fraction of sp³-hybridized carbons (Fsp3) is 0. The van der Waals surface area contributed by atoms with Gasteiger partial charge in [0.1, 0.15) is 7.85 Å². The highest BCUT2D eigenvalue weighted by Gasteiger charge is 1.92. The maximum atomic E-state index is 10.9. The smallest absolute Gasteiger partial charge is 0.248 e. The van der Waals surface area contributed by atoms with Gasteiger partial charge in [0.2, 0.25) is 5.56 Å². The summed E-state index contributed by atoms with van der Waals surface area (Å²) >= 11 is 0. The topological polar surface area (TPSA) is 32.9 Å². The van der Waals surface area contributed by atoms with Crippen LogP contribution in [0.15, 0.2) is 35.1 Å². The number of nitrogens with one attached hydrogen (secondary N) is 1. The van der Waals surface area contributed by atoms with Crippen LogP contribution in [-0.2, 0) is 0 Å². The lowest BCUT2D eigenvalue weighted by Gasteiger charge is -1.97. The minimum absolute atomic E-state index is 0.0905. The molecule has 0 amide bonds. The summed E-state index contributed by atoms with van der Waals surface area (Å²) in [4.78, 5) is 13.6. The van der Waals surface area contributed by atoms with Crippen LogP contribution in [0.2, 0.25) is 0 Å². The number of hydrogen-bond acceptors (Lipinski definition) is 1. The minimum atomic E-state index is -0.0905. The predicted octanol–water partition coefficient (Wildman–Crippen LogP) is 0.322. The zero-order valence-electron chi connectivity index (χ0n) is 6.37. The Morgan fingerprint density at radius 1 is 1.17 bits per heavy atom. The van der Waals surface area contributed by atoms with Gasteiger partial charge in [-0.3, -0.25) is 4.79 Å². The lowest BCUT2D eigenvalue weighted by Crippen LogP contribution is -2.05. The van der Waals surface area contributed by atoms with Crippen LogP contribution < -0.4 is 11.0 Å². The molecule has 1 N–H and O–H groups in total. The van der Waals surface area contributed by atoms with Crippen molar-refractivity contribution in [3.63, 3.8) is 0 Å². The molecule has 1 aromatic heterocycles. The van der Waals surface area contributed by atoms with E-state index in [9.17, 15) is 4.79 Å². The molecule has 0 saturated heterocycles. The molecule has 0 aliphatic heterocycles. The van der Waals surface area contributed by atoms with E-state index in [1.165, 1.54) is 6.07 Å². The quantitative estimate of drug-likeness (QED) is 0.546. The van der Waals surface area contributed by atoms with Crippen molar-refractivity contribution in [3.8, 4) is 0 Å². The van der Waals surface area contributed by atoms with Crippen molar-refractivity contribution in [2.45, 2.75) is 0 Å². The average molecular weight is 155 g/mol. The maximum absolute atomic E-state index is 10.9. The highest BCUT2D eigenvalue weighted by molar-refractivity contribution is 6.33. The van der Waals surface area contributed by atoms with Crippen LogP contribution in [0.5, 0.6) is 0 Å². The Bertz CT molecular complexity index is 475. The van der Waals surface area contributed by atoms with Gasteiger partial charge in [-0.2, -0.15) is 0 Å². The molecule has 0 bridgehead atoms. The molecule has 12 heavy (non-hydrogen) atoms. The molecule has 0 aliphatic carbocycles. The first kappa shape index (κ1) is 7.16. The van der Waals surface area contributed by atoms with Gasteiger partial charge in [-0.05, 0) is 17.5 Å². The molecule has 0 atom stereocenters. The maximum Gasteiger partial charge on any atom is 0.248 e. The van der Waals surface area contributed by atoms with Crippen LogP contribution in [0, 0.1) is 0 Å². The molecule has 2 aromatic rings. The lowest BCUT2D eigenvalue weighted by atomic mass is 9.95. The number of benzene rings is 1. The third-order valence-corrected chi connectivity index (χ3v) is 1.75. The van der Waals surface area contributed by atoms with Gasteiger partial charge in [0.15, 0.2) is 0 Å². The molecule has 0 spiro atoms. The molecule has 0 unspecified atom stereocenters. The molecule has 2 nitrogen and oxygen atoms in total. The van der Waals surface area contributed by atoms with Crippen LogP contribution in [-0.4, -0.2) is 12.8 Å². The van der Waals surface area contributed by atoms with E-state index in [2.05, 4.69) is 4.98 Å². The van der Waals surface area contributed by atoms with Crippen molar-refractivity contribution in [2.75, 3.05) is 0 Å². The van der Waals surface area contributed by atoms with Gasteiger partial charge >= 0.3 is 0 Å². The van der Waals surface area contributed by atoms with Gasteiger partial charge in [-0.15, -0.1) is 0 Å². The average Bonchev–Trinajstić information content (AvgIpc) is 2.05. The molecule has 1 heterocycles. The second kappa shape index (κ2) is 2.52. The van der Waals surface area contributed by atoms with Crippen molar-refractivity contribution in [2.24, 2.45) is 0 Å². The standard InChI is InChI=1S/C9H6BNO/c10-7-2-3-8-6(5-7)1-4-9(12)11-8/h1-5H,(H,11,12). The normalized spacial score (nSPS) is 10.3. The first-order valence-corrected chi connectivity index (χ1v) is 3.64. The van der Waals surface area contributed by atoms with Gasteiger partial charge in [0.05, 0.1) is 0 Å². The zero-order valence-corrected chi connectivity index (χ0v) is 6.37. The number of rotatable bonds is 0. The lowest BCUT2D eigenvalue weighted by molar-refractivity contribution is 1.31. The van der Waals surface area contributed by atoms with E-state index in [-0.39, 0.29) is 5.56 Å². The fourth-order valence-electron chi connectivity index (χ4n) is 1.17. The van der Waals surface area contributed by atoms with Crippen molar-refractivity contribution in [3.05, 3.63) is 40.7 Å². The van der Waals surface area contributed by atoms with E-state index in [0.717, 1.165) is 10.9 Å².